The van der Waals surface area contributed by atoms with Crippen LogP contribution in [0.5, 0.6) is 23.0 Å². The molecule has 2 aromatic carbocycles. The van der Waals surface area contributed by atoms with Crippen LogP contribution in [0.2, 0.25) is 0 Å². The van der Waals surface area contributed by atoms with E-state index in [1.165, 1.54) is 31.1 Å². The van der Waals surface area contributed by atoms with Gasteiger partial charge in [-0.05, 0) is 41.8 Å². The quantitative estimate of drug-likeness (QED) is 0.260. The molecule has 0 aromatic heterocycles. The lowest BCUT2D eigenvalue weighted by atomic mass is 9.94. The molecule has 0 spiro atoms. The molecule has 0 bridgehead atoms. The minimum atomic E-state index is -0.894. The first kappa shape index (κ1) is 27.9. The summed E-state index contributed by atoms with van der Waals surface area (Å²) in [6.07, 6.45) is 1.52. The zero-order chi connectivity index (χ0) is 27.1. The minimum Gasteiger partial charge on any atom is -0.872 e. The number of methoxy groups -OCH3 is 3. The highest BCUT2D eigenvalue weighted by Crippen LogP contribution is 2.45. The highest BCUT2D eigenvalue weighted by atomic mass is 16.5. The van der Waals surface area contributed by atoms with E-state index in [1.807, 2.05) is 21.0 Å². The number of ketones is 1. The first-order valence-corrected chi connectivity index (χ1v) is 12.4. The summed E-state index contributed by atoms with van der Waals surface area (Å²) in [7, 11) is 8.50. The molecule has 200 valence electrons. The van der Waals surface area contributed by atoms with Crippen molar-refractivity contribution in [1.29, 1.82) is 0 Å². The van der Waals surface area contributed by atoms with Gasteiger partial charge in [-0.25, -0.2) is 0 Å². The second kappa shape index (κ2) is 12.5. The number of nitrogens with zero attached hydrogens (tertiary/aromatic N) is 1. The van der Waals surface area contributed by atoms with E-state index in [0.717, 1.165) is 13.0 Å². The lowest BCUT2D eigenvalue weighted by Crippen LogP contribution is -3.05. The predicted molar refractivity (Wildman–Crippen MR) is 137 cm³/mol. The number of carbonyl (C=O) groups is 2. The van der Waals surface area contributed by atoms with E-state index in [2.05, 4.69) is 0 Å². The molecule has 1 heterocycles. The Kier molecular flexibility index (Phi) is 9.41. The third-order valence-corrected chi connectivity index (χ3v) is 6.20. The normalized spacial score (nSPS) is 16.8. The van der Waals surface area contributed by atoms with Crippen molar-refractivity contribution in [3.8, 4) is 23.0 Å². The van der Waals surface area contributed by atoms with Crippen LogP contribution < -0.4 is 29.0 Å². The van der Waals surface area contributed by atoms with Crippen LogP contribution in [0.4, 0.5) is 0 Å². The van der Waals surface area contributed by atoms with Crippen LogP contribution in [0.25, 0.3) is 5.76 Å². The standard InChI is InChI=1S/C28H36N2O7/c1-7-15-37-20-11-9-18(10-12-20)25(31)23-24(30(28(33)26(23)32)14-8-13-29(2)3)19-16-21(34-4)27(36-6)22(17-19)35-5/h9-12,16-17,24,31H,7-8,13-15H2,1-6H3. The van der Waals surface area contributed by atoms with E-state index in [-0.39, 0.29) is 5.57 Å². The van der Waals surface area contributed by atoms with Crippen LogP contribution >= 0.6 is 0 Å². The zero-order valence-electron chi connectivity index (χ0n) is 22.4. The molecule has 1 saturated heterocycles. The van der Waals surface area contributed by atoms with Gasteiger partial charge in [-0.2, -0.15) is 0 Å². The first-order chi connectivity index (χ1) is 17.8. The highest BCUT2D eigenvalue weighted by Gasteiger charge is 2.44. The Morgan fingerprint density at radius 2 is 1.62 bits per heavy atom. The van der Waals surface area contributed by atoms with Gasteiger partial charge in [0, 0.05) is 18.5 Å². The molecule has 1 N–H and O–H groups in total. The predicted octanol–water partition coefficient (Wildman–Crippen LogP) is 1.26. The Bertz CT molecular complexity index is 1120. The van der Waals surface area contributed by atoms with Crippen molar-refractivity contribution in [3.05, 3.63) is 53.1 Å². The van der Waals surface area contributed by atoms with Gasteiger partial charge < -0.3 is 33.9 Å². The third kappa shape index (κ3) is 5.99. The number of rotatable bonds is 12. The van der Waals surface area contributed by atoms with E-state index < -0.39 is 23.5 Å². The number of Topliss-reactive ketones (excluding diaryl/α,β-unsaturated/α-hetero) is 1. The van der Waals surface area contributed by atoms with Gasteiger partial charge in [-0.1, -0.05) is 24.8 Å². The Hall–Kier alpha value is -3.72. The van der Waals surface area contributed by atoms with Crippen LogP contribution in [0.15, 0.2) is 42.0 Å². The molecule has 1 aliphatic heterocycles. The number of hydrogen-bond donors (Lipinski definition) is 1. The van der Waals surface area contributed by atoms with Crippen molar-refractivity contribution >= 4 is 17.4 Å². The average molecular weight is 513 g/mol. The molecule has 9 heteroatoms. The SMILES string of the molecule is CCCOc1ccc(C([O-])=C2C(=O)C(=O)N(CCC[NH+](C)C)C2c2cc(OC)c(OC)c(OC)c2)cc1. The smallest absolute Gasteiger partial charge is 0.295 e. The summed E-state index contributed by atoms with van der Waals surface area (Å²) in [5.41, 5.74) is 0.730. The maximum Gasteiger partial charge on any atom is 0.295 e. The van der Waals surface area contributed by atoms with Gasteiger partial charge in [0.1, 0.15) is 5.75 Å². The maximum atomic E-state index is 13.7. The fourth-order valence-corrected chi connectivity index (χ4v) is 4.39. The van der Waals surface area contributed by atoms with Crippen molar-refractivity contribution < 1.29 is 38.5 Å². The molecular weight excluding hydrogens is 476 g/mol. The molecule has 2 aromatic rings. The van der Waals surface area contributed by atoms with Crippen LogP contribution in [0, 0.1) is 0 Å². The summed E-state index contributed by atoms with van der Waals surface area (Å²) >= 11 is 0. The van der Waals surface area contributed by atoms with E-state index in [0.29, 0.717) is 53.7 Å². The Labute approximate surface area is 218 Å². The number of amides is 1. The molecule has 1 amide bonds. The maximum absolute atomic E-state index is 13.7. The largest absolute Gasteiger partial charge is 0.872 e. The molecule has 9 nitrogen and oxygen atoms in total. The monoisotopic (exact) mass is 512 g/mol. The highest BCUT2D eigenvalue weighted by molar-refractivity contribution is 6.46. The number of carbonyl (C=O) groups excluding carboxylic acids is 2. The van der Waals surface area contributed by atoms with Crippen LogP contribution in [-0.2, 0) is 9.59 Å². The van der Waals surface area contributed by atoms with E-state index in [4.69, 9.17) is 18.9 Å². The summed E-state index contributed by atoms with van der Waals surface area (Å²) in [6.45, 7) is 3.68. The summed E-state index contributed by atoms with van der Waals surface area (Å²) in [5, 5.41) is 13.7. The second-order valence-corrected chi connectivity index (χ2v) is 9.12. The molecule has 0 radical (unpaired) electrons. The van der Waals surface area contributed by atoms with E-state index >= 15 is 0 Å². The van der Waals surface area contributed by atoms with Gasteiger partial charge in [0.25, 0.3) is 5.91 Å². The Morgan fingerprint density at radius 3 is 2.14 bits per heavy atom. The first-order valence-electron chi connectivity index (χ1n) is 12.4. The summed E-state index contributed by atoms with van der Waals surface area (Å²) in [6, 6.07) is 9.07. The van der Waals surface area contributed by atoms with E-state index in [1.54, 1.807) is 36.4 Å². The Balaban J connectivity index is 2.15. The number of benzene rings is 2. The summed E-state index contributed by atoms with van der Waals surface area (Å²) in [4.78, 5) is 29.2. The molecule has 1 unspecified atom stereocenters. The number of ether oxygens (including phenoxy) is 4. The van der Waals surface area contributed by atoms with Crippen LogP contribution in [0.3, 0.4) is 0 Å². The number of nitrogens with one attached hydrogen (secondary N) is 1. The van der Waals surface area contributed by atoms with Gasteiger partial charge in [0.05, 0.1) is 54.6 Å². The molecule has 0 saturated carbocycles. The van der Waals surface area contributed by atoms with Gasteiger partial charge in [0.15, 0.2) is 11.5 Å². The van der Waals surface area contributed by atoms with Crippen molar-refractivity contribution in [3.63, 3.8) is 0 Å². The third-order valence-electron chi connectivity index (χ3n) is 6.20. The zero-order valence-corrected chi connectivity index (χ0v) is 22.4. The molecule has 1 aliphatic rings. The van der Waals surface area contributed by atoms with Crippen molar-refractivity contribution in [1.82, 2.24) is 4.90 Å². The molecule has 1 fully saturated rings. The van der Waals surface area contributed by atoms with Gasteiger partial charge in [-0.15, -0.1) is 0 Å². The van der Waals surface area contributed by atoms with Crippen molar-refractivity contribution in [2.24, 2.45) is 0 Å². The number of likely N-dealkylation sites (tertiary alicyclic amines) is 1. The summed E-state index contributed by atoms with van der Waals surface area (Å²) in [5.74, 6) is -0.254. The van der Waals surface area contributed by atoms with Gasteiger partial charge >= 0.3 is 0 Å². The minimum absolute atomic E-state index is 0.0984. The summed E-state index contributed by atoms with van der Waals surface area (Å²) < 4.78 is 22.0. The fourth-order valence-electron chi connectivity index (χ4n) is 4.39. The topological polar surface area (TPSA) is 102 Å². The average Bonchev–Trinajstić information content (AvgIpc) is 3.15. The molecule has 1 atom stereocenters. The van der Waals surface area contributed by atoms with E-state index in [9.17, 15) is 14.7 Å². The number of hydrogen-bond acceptors (Lipinski definition) is 7. The van der Waals surface area contributed by atoms with Crippen LogP contribution in [0.1, 0.15) is 36.9 Å². The number of quaternary nitrogens is 1. The van der Waals surface area contributed by atoms with Gasteiger partial charge in [-0.3, -0.25) is 9.59 Å². The van der Waals surface area contributed by atoms with Gasteiger partial charge in [0.2, 0.25) is 11.5 Å². The van der Waals surface area contributed by atoms with Crippen LogP contribution in [-0.4, -0.2) is 71.7 Å². The molecule has 0 aliphatic carbocycles. The molecule has 3 rings (SSSR count). The van der Waals surface area contributed by atoms with Crippen molar-refractivity contribution in [2.45, 2.75) is 25.8 Å². The fraction of sp³-hybridized carbons (Fsp3) is 0.429. The molecule has 37 heavy (non-hydrogen) atoms. The Morgan fingerprint density at radius 1 is 1.00 bits per heavy atom. The van der Waals surface area contributed by atoms with Crippen molar-refractivity contribution in [2.75, 3.05) is 55.1 Å². The second-order valence-electron chi connectivity index (χ2n) is 9.12. The lowest BCUT2D eigenvalue weighted by molar-refractivity contribution is -0.858. The molecular formula is C28H36N2O7. The lowest BCUT2D eigenvalue weighted by Gasteiger charge is -2.28.